The van der Waals surface area contributed by atoms with Gasteiger partial charge in [-0.15, -0.1) is 0 Å². The second-order valence-corrected chi connectivity index (χ2v) is 7.78. The molecule has 27 heavy (non-hydrogen) atoms. The number of hydrogen-bond acceptors (Lipinski definition) is 5. The van der Waals surface area contributed by atoms with Gasteiger partial charge in [-0.25, -0.2) is 9.50 Å². The quantitative estimate of drug-likeness (QED) is 0.641. The summed E-state index contributed by atoms with van der Waals surface area (Å²) >= 11 is 3.52. The highest BCUT2D eigenvalue weighted by Crippen LogP contribution is 2.26. The minimum Gasteiger partial charge on any atom is -0.355 e. The van der Waals surface area contributed by atoms with Gasteiger partial charge in [-0.2, -0.15) is 10.4 Å². The predicted octanol–water partition coefficient (Wildman–Crippen LogP) is 3.46. The van der Waals surface area contributed by atoms with Gasteiger partial charge in [0.1, 0.15) is 16.4 Å². The van der Waals surface area contributed by atoms with Crippen LogP contribution >= 0.6 is 15.9 Å². The number of likely N-dealkylation sites (tertiary alicyclic amines) is 1. The maximum Gasteiger partial charge on any atom is 0.156 e. The van der Waals surface area contributed by atoms with Crippen molar-refractivity contribution in [3.05, 3.63) is 58.5 Å². The molecule has 3 heterocycles. The van der Waals surface area contributed by atoms with E-state index >= 15 is 0 Å². The normalized spacial score (nSPS) is 15.7. The van der Waals surface area contributed by atoms with Gasteiger partial charge in [0, 0.05) is 32.7 Å². The smallest absolute Gasteiger partial charge is 0.156 e. The van der Waals surface area contributed by atoms with E-state index in [2.05, 4.69) is 55.0 Å². The van der Waals surface area contributed by atoms with Crippen molar-refractivity contribution >= 4 is 27.3 Å². The summed E-state index contributed by atoms with van der Waals surface area (Å²) in [5, 5.41) is 13.4. The van der Waals surface area contributed by atoms with Crippen LogP contribution in [0.25, 0.3) is 5.52 Å². The lowest BCUT2D eigenvalue weighted by Crippen LogP contribution is -2.43. The van der Waals surface area contributed by atoms with Crippen LogP contribution in [0.15, 0.2) is 47.3 Å². The van der Waals surface area contributed by atoms with E-state index in [1.165, 1.54) is 5.56 Å². The van der Waals surface area contributed by atoms with Crippen LogP contribution in [0.4, 0.5) is 5.82 Å². The molecule has 138 valence electrons. The Kier molecular flexibility index (Phi) is 5.10. The molecule has 0 atom stereocenters. The van der Waals surface area contributed by atoms with E-state index in [0.717, 1.165) is 54.0 Å². The van der Waals surface area contributed by atoms with Crippen molar-refractivity contribution in [2.75, 3.05) is 25.0 Å². The number of benzene rings is 1. The molecule has 0 radical (unpaired) electrons. The molecule has 6 nitrogen and oxygen atoms in total. The Morgan fingerprint density at radius 1 is 1.26 bits per heavy atom. The van der Waals surface area contributed by atoms with Gasteiger partial charge in [0.2, 0.25) is 0 Å². The summed E-state index contributed by atoms with van der Waals surface area (Å²) in [6.07, 6.45) is 3.79. The van der Waals surface area contributed by atoms with E-state index in [4.69, 9.17) is 5.26 Å². The SMILES string of the molecule is CN(c1ncnn2c(Br)ccc12)C1CCN(Cc2cccc(C#N)c2)CC1. The molecule has 1 aliphatic heterocycles. The number of nitriles is 1. The van der Waals surface area contributed by atoms with Gasteiger partial charge in [-0.3, -0.25) is 4.90 Å². The zero-order chi connectivity index (χ0) is 18.8. The number of rotatable bonds is 4. The first-order valence-corrected chi connectivity index (χ1v) is 9.87. The molecule has 0 spiro atoms. The third-order valence-electron chi connectivity index (χ3n) is 5.29. The fourth-order valence-electron chi connectivity index (χ4n) is 3.80. The molecule has 3 aromatic rings. The van der Waals surface area contributed by atoms with Gasteiger partial charge in [-0.05, 0) is 58.6 Å². The van der Waals surface area contributed by atoms with Gasteiger partial charge in [-0.1, -0.05) is 12.1 Å². The summed E-state index contributed by atoms with van der Waals surface area (Å²) in [6.45, 7) is 2.98. The molecular weight excluding hydrogens is 404 g/mol. The van der Waals surface area contributed by atoms with Crippen LogP contribution < -0.4 is 4.90 Å². The van der Waals surface area contributed by atoms with Gasteiger partial charge in [0.05, 0.1) is 11.6 Å². The number of hydrogen-bond donors (Lipinski definition) is 0. The molecule has 0 amide bonds. The van der Waals surface area contributed by atoms with Crippen LogP contribution in [0.5, 0.6) is 0 Å². The average molecular weight is 425 g/mol. The van der Waals surface area contributed by atoms with Crippen LogP contribution in [-0.4, -0.2) is 45.7 Å². The maximum absolute atomic E-state index is 9.06. The molecule has 0 bridgehead atoms. The highest BCUT2D eigenvalue weighted by atomic mass is 79.9. The standard InChI is InChI=1S/C20H21BrN6/c1-25(20-18-5-6-19(21)27(18)24-14-23-20)17-7-9-26(10-8-17)13-16-4-2-3-15(11-16)12-22/h2-6,11,14,17H,7-10,13H2,1H3. The number of piperidine rings is 1. The Hall–Kier alpha value is -2.43. The van der Waals surface area contributed by atoms with Gasteiger partial charge in [0.25, 0.3) is 0 Å². The highest BCUT2D eigenvalue weighted by Gasteiger charge is 2.25. The number of aromatic nitrogens is 3. The Morgan fingerprint density at radius 3 is 2.85 bits per heavy atom. The average Bonchev–Trinajstić information content (AvgIpc) is 3.09. The number of anilines is 1. The van der Waals surface area contributed by atoms with Crippen molar-refractivity contribution in [2.24, 2.45) is 0 Å². The fraction of sp³-hybridized carbons (Fsp3) is 0.350. The lowest BCUT2D eigenvalue weighted by atomic mass is 10.0. The molecular formula is C20H21BrN6. The molecule has 4 rings (SSSR count). The third kappa shape index (κ3) is 3.68. The van der Waals surface area contributed by atoms with Crippen molar-refractivity contribution in [2.45, 2.75) is 25.4 Å². The van der Waals surface area contributed by atoms with E-state index < -0.39 is 0 Å². The lowest BCUT2D eigenvalue weighted by Gasteiger charge is -2.37. The molecule has 0 saturated carbocycles. The Morgan fingerprint density at radius 2 is 2.07 bits per heavy atom. The highest BCUT2D eigenvalue weighted by molar-refractivity contribution is 9.10. The van der Waals surface area contributed by atoms with Crippen LogP contribution in [0.2, 0.25) is 0 Å². The minimum absolute atomic E-state index is 0.457. The van der Waals surface area contributed by atoms with E-state index in [1.807, 2.05) is 34.8 Å². The number of nitrogens with zero attached hydrogens (tertiary/aromatic N) is 6. The summed E-state index contributed by atoms with van der Waals surface area (Å²) in [5.41, 5.74) is 2.95. The van der Waals surface area contributed by atoms with Crippen molar-refractivity contribution in [1.82, 2.24) is 19.5 Å². The molecule has 1 aromatic carbocycles. The fourth-order valence-corrected chi connectivity index (χ4v) is 4.21. The van der Waals surface area contributed by atoms with Crippen LogP contribution in [0.1, 0.15) is 24.0 Å². The Labute approximate surface area is 167 Å². The van der Waals surface area contributed by atoms with Crippen molar-refractivity contribution in [3.8, 4) is 6.07 Å². The lowest BCUT2D eigenvalue weighted by molar-refractivity contribution is 0.203. The first kappa shape index (κ1) is 18.0. The summed E-state index contributed by atoms with van der Waals surface area (Å²) in [4.78, 5) is 9.28. The zero-order valence-corrected chi connectivity index (χ0v) is 16.8. The number of halogens is 1. The van der Waals surface area contributed by atoms with Crippen LogP contribution in [0, 0.1) is 11.3 Å². The first-order valence-electron chi connectivity index (χ1n) is 9.08. The molecule has 2 aromatic heterocycles. The predicted molar refractivity (Wildman–Crippen MR) is 109 cm³/mol. The van der Waals surface area contributed by atoms with Crippen molar-refractivity contribution in [3.63, 3.8) is 0 Å². The molecule has 0 aliphatic carbocycles. The topological polar surface area (TPSA) is 60.5 Å². The third-order valence-corrected chi connectivity index (χ3v) is 5.89. The second-order valence-electron chi connectivity index (χ2n) is 6.97. The number of fused-ring (bicyclic) bond motifs is 1. The minimum atomic E-state index is 0.457. The Balaban J connectivity index is 1.42. The monoisotopic (exact) mass is 424 g/mol. The molecule has 1 aliphatic rings. The molecule has 1 fully saturated rings. The summed E-state index contributed by atoms with van der Waals surface area (Å²) < 4.78 is 2.81. The van der Waals surface area contributed by atoms with E-state index in [9.17, 15) is 0 Å². The summed E-state index contributed by atoms with van der Waals surface area (Å²) in [7, 11) is 2.12. The second kappa shape index (κ2) is 7.67. The van der Waals surface area contributed by atoms with E-state index in [-0.39, 0.29) is 0 Å². The molecule has 7 heteroatoms. The Bertz CT molecular complexity index is 984. The zero-order valence-electron chi connectivity index (χ0n) is 15.2. The van der Waals surface area contributed by atoms with E-state index in [0.29, 0.717) is 6.04 Å². The first-order chi connectivity index (χ1) is 13.2. The van der Waals surface area contributed by atoms with Crippen LogP contribution in [-0.2, 0) is 6.54 Å². The summed E-state index contributed by atoms with van der Waals surface area (Å²) in [6, 6.07) is 14.6. The molecule has 1 saturated heterocycles. The molecule has 0 N–H and O–H groups in total. The molecule has 0 unspecified atom stereocenters. The maximum atomic E-state index is 9.06. The van der Waals surface area contributed by atoms with Crippen molar-refractivity contribution < 1.29 is 0 Å². The van der Waals surface area contributed by atoms with Gasteiger partial charge >= 0.3 is 0 Å². The van der Waals surface area contributed by atoms with Gasteiger partial charge < -0.3 is 4.90 Å². The van der Waals surface area contributed by atoms with Gasteiger partial charge in [0.15, 0.2) is 5.82 Å². The van der Waals surface area contributed by atoms with E-state index in [1.54, 1.807) is 6.33 Å². The summed E-state index contributed by atoms with van der Waals surface area (Å²) in [5.74, 6) is 0.968. The van der Waals surface area contributed by atoms with Crippen LogP contribution in [0.3, 0.4) is 0 Å². The van der Waals surface area contributed by atoms with Crippen molar-refractivity contribution in [1.29, 1.82) is 5.26 Å². The largest absolute Gasteiger partial charge is 0.355 e.